The number of benzene rings is 1. The van der Waals surface area contributed by atoms with Gasteiger partial charge in [-0.2, -0.15) is 18.2 Å². The van der Waals surface area contributed by atoms with Gasteiger partial charge >= 0.3 is 6.18 Å². The third kappa shape index (κ3) is 3.71. The van der Waals surface area contributed by atoms with Gasteiger partial charge in [0.15, 0.2) is 11.3 Å². The van der Waals surface area contributed by atoms with Crippen LogP contribution in [-0.2, 0) is 12.7 Å². The molecular weight excluding hydrogens is 380 g/mol. The molecule has 10 heteroatoms. The van der Waals surface area contributed by atoms with Gasteiger partial charge in [0.25, 0.3) is 11.6 Å². The fourth-order valence-electron chi connectivity index (χ4n) is 3.33. The molecule has 3 heterocycles. The molecule has 1 aliphatic rings. The van der Waals surface area contributed by atoms with E-state index in [9.17, 15) is 22.4 Å². The lowest BCUT2D eigenvalue weighted by Gasteiger charge is -2.31. The third-order valence-electron chi connectivity index (χ3n) is 4.85. The number of nitrogens with zero attached hydrogens (tertiary/aromatic N) is 4. The quantitative estimate of drug-likeness (QED) is 0.635. The first-order chi connectivity index (χ1) is 13.3. The van der Waals surface area contributed by atoms with E-state index in [1.807, 2.05) is 4.90 Å². The van der Waals surface area contributed by atoms with E-state index in [4.69, 9.17) is 4.42 Å². The van der Waals surface area contributed by atoms with Crippen molar-refractivity contribution in [3.63, 3.8) is 0 Å². The molecular formula is C18H16F4N4O2. The molecule has 0 bridgehead atoms. The molecule has 0 aliphatic carbocycles. The predicted molar refractivity (Wildman–Crippen MR) is 92.4 cm³/mol. The van der Waals surface area contributed by atoms with Crippen molar-refractivity contribution in [3.8, 4) is 0 Å². The molecule has 1 saturated heterocycles. The standard InChI is InChI=1S/C18H16F4N4O2/c19-12-1-2-14-13(7-12)24-17(28-14)25-5-3-11(4-6-25)9-26-10-23-15(8-16(26)27)18(20,21)22/h1-2,7-8,10-11H,3-6,9H2. The van der Waals surface area contributed by atoms with Gasteiger partial charge in [-0.15, -0.1) is 0 Å². The smallest absolute Gasteiger partial charge is 0.423 e. The second-order valence-corrected chi connectivity index (χ2v) is 6.80. The molecule has 3 aromatic rings. The van der Waals surface area contributed by atoms with Gasteiger partial charge in [-0.3, -0.25) is 9.36 Å². The molecule has 4 rings (SSSR count). The molecule has 0 unspecified atom stereocenters. The summed E-state index contributed by atoms with van der Waals surface area (Å²) in [5.74, 6) is -0.268. The number of aromatic nitrogens is 3. The third-order valence-corrected chi connectivity index (χ3v) is 4.85. The van der Waals surface area contributed by atoms with Crippen LogP contribution in [0, 0.1) is 11.7 Å². The second-order valence-electron chi connectivity index (χ2n) is 6.80. The minimum absolute atomic E-state index is 0.120. The summed E-state index contributed by atoms with van der Waals surface area (Å²) >= 11 is 0. The fourth-order valence-corrected chi connectivity index (χ4v) is 3.33. The Hall–Kier alpha value is -2.91. The highest BCUT2D eigenvalue weighted by atomic mass is 19.4. The maximum absolute atomic E-state index is 13.3. The number of alkyl halides is 3. The van der Waals surface area contributed by atoms with E-state index < -0.39 is 17.4 Å². The summed E-state index contributed by atoms with van der Waals surface area (Å²) in [5.41, 5.74) is -0.956. The summed E-state index contributed by atoms with van der Waals surface area (Å²) in [6.45, 7) is 1.53. The molecule has 148 valence electrons. The minimum atomic E-state index is -4.63. The van der Waals surface area contributed by atoms with Crippen molar-refractivity contribution in [1.82, 2.24) is 14.5 Å². The first kappa shape index (κ1) is 18.5. The highest BCUT2D eigenvalue weighted by molar-refractivity contribution is 5.74. The van der Waals surface area contributed by atoms with Crippen LogP contribution in [0.15, 0.2) is 39.8 Å². The second kappa shape index (κ2) is 6.92. The van der Waals surface area contributed by atoms with Crippen molar-refractivity contribution in [2.24, 2.45) is 5.92 Å². The molecule has 0 saturated carbocycles. The van der Waals surface area contributed by atoms with Crippen molar-refractivity contribution in [1.29, 1.82) is 0 Å². The van der Waals surface area contributed by atoms with Crippen molar-refractivity contribution < 1.29 is 22.0 Å². The summed E-state index contributed by atoms with van der Waals surface area (Å²) in [7, 11) is 0. The number of hydrogen-bond acceptors (Lipinski definition) is 5. The molecule has 1 fully saturated rings. The Morgan fingerprint density at radius 3 is 2.61 bits per heavy atom. The van der Waals surface area contributed by atoms with Gasteiger partial charge in [-0.1, -0.05) is 0 Å². The van der Waals surface area contributed by atoms with E-state index in [0.29, 0.717) is 55.7 Å². The van der Waals surface area contributed by atoms with Gasteiger partial charge in [-0.05, 0) is 30.9 Å². The van der Waals surface area contributed by atoms with E-state index in [0.717, 1.165) is 6.33 Å². The SMILES string of the molecule is O=c1cc(C(F)(F)F)ncn1CC1CCN(c2nc3cc(F)ccc3o2)CC1. The summed E-state index contributed by atoms with van der Waals surface area (Å²) < 4.78 is 58.0. The van der Waals surface area contributed by atoms with Crippen LogP contribution < -0.4 is 10.5 Å². The zero-order valence-electron chi connectivity index (χ0n) is 14.6. The van der Waals surface area contributed by atoms with E-state index in [1.54, 1.807) is 0 Å². The van der Waals surface area contributed by atoms with Gasteiger partial charge in [0, 0.05) is 31.8 Å². The Bertz CT molecular complexity index is 1050. The number of oxazole rings is 1. The average molecular weight is 396 g/mol. The summed E-state index contributed by atoms with van der Waals surface area (Å²) in [6, 6.07) is 5.07. The molecule has 1 aromatic carbocycles. The number of fused-ring (bicyclic) bond motifs is 1. The van der Waals surface area contributed by atoms with E-state index in [2.05, 4.69) is 9.97 Å². The highest BCUT2D eigenvalue weighted by Crippen LogP contribution is 2.28. The van der Waals surface area contributed by atoms with Gasteiger partial charge in [0.1, 0.15) is 11.3 Å². The number of piperidine rings is 1. The largest absolute Gasteiger partial charge is 0.433 e. The van der Waals surface area contributed by atoms with Gasteiger partial charge in [0.05, 0.1) is 6.33 Å². The van der Waals surface area contributed by atoms with Crippen LogP contribution in [-0.4, -0.2) is 27.6 Å². The summed E-state index contributed by atoms with van der Waals surface area (Å²) in [5, 5.41) is 0. The van der Waals surface area contributed by atoms with E-state index >= 15 is 0 Å². The molecule has 0 spiro atoms. The van der Waals surface area contributed by atoms with Gasteiger partial charge in [0.2, 0.25) is 0 Å². The molecule has 0 radical (unpaired) electrons. The van der Waals surface area contributed by atoms with Crippen LogP contribution in [0.1, 0.15) is 18.5 Å². The Morgan fingerprint density at radius 1 is 1.18 bits per heavy atom. The van der Waals surface area contributed by atoms with Gasteiger partial charge < -0.3 is 9.32 Å². The van der Waals surface area contributed by atoms with Crippen molar-refractivity contribution in [3.05, 3.63) is 52.5 Å². The molecule has 1 aliphatic heterocycles. The Morgan fingerprint density at radius 2 is 1.93 bits per heavy atom. The first-order valence-corrected chi connectivity index (χ1v) is 8.74. The molecule has 0 N–H and O–H groups in total. The highest BCUT2D eigenvalue weighted by Gasteiger charge is 2.33. The Labute approximate surface area is 156 Å². The number of anilines is 1. The zero-order chi connectivity index (χ0) is 19.9. The molecule has 0 amide bonds. The first-order valence-electron chi connectivity index (χ1n) is 8.74. The predicted octanol–water partition coefficient (Wildman–Crippen LogP) is 3.46. The zero-order valence-corrected chi connectivity index (χ0v) is 14.6. The Balaban J connectivity index is 1.41. The van der Waals surface area contributed by atoms with Crippen LogP contribution in [0.5, 0.6) is 0 Å². The Kier molecular flexibility index (Phi) is 4.56. The van der Waals surface area contributed by atoms with E-state index in [1.165, 1.54) is 22.8 Å². The lowest BCUT2D eigenvalue weighted by molar-refractivity contribution is -0.141. The van der Waals surface area contributed by atoms with Crippen LogP contribution in [0.4, 0.5) is 23.6 Å². The van der Waals surface area contributed by atoms with Crippen LogP contribution >= 0.6 is 0 Å². The van der Waals surface area contributed by atoms with Crippen molar-refractivity contribution >= 4 is 17.1 Å². The molecule has 6 nitrogen and oxygen atoms in total. The van der Waals surface area contributed by atoms with Crippen molar-refractivity contribution in [2.75, 3.05) is 18.0 Å². The molecule has 2 aromatic heterocycles. The summed E-state index contributed by atoms with van der Waals surface area (Å²) in [4.78, 5) is 21.5. The topological polar surface area (TPSA) is 64.2 Å². The van der Waals surface area contributed by atoms with E-state index in [-0.39, 0.29) is 11.7 Å². The minimum Gasteiger partial charge on any atom is -0.423 e. The lowest BCUT2D eigenvalue weighted by atomic mass is 9.97. The maximum Gasteiger partial charge on any atom is 0.433 e. The fraction of sp³-hybridized carbons (Fsp3) is 0.389. The van der Waals surface area contributed by atoms with Crippen LogP contribution in [0.3, 0.4) is 0 Å². The lowest BCUT2D eigenvalue weighted by Crippen LogP contribution is -2.36. The summed E-state index contributed by atoms with van der Waals surface area (Å²) in [6.07, 6.45) is -2.26. The maximum atomic E-state index is 13.3. The number of halogens is 4. The number of rotatable bonds is 3. The van der Waals surface area contributed by atoms with Crippen LogP contribution in [0.25, 0.3) is 11.1 Å². The van der Waals surface area contributed by atoms with Crippen molar-refractivity contribution in [2.45, 2.75) is 25.6 Å². The molecule has 0 atom stereocenters. The number of hydrogen-bond donors (Lipinski definition) is 0. The normalized spacial score (nSPS) is 16.1. The average Bonchev–Trinajstić information content (AvgIpc) is 3.06. The monoisotopic (exact) mass is 396 g/mol. The molecule has 28 heavy (non-hydrogen) atoms. The van der Waals surface area contributed by atoms with Gasteiger partial charge in [-0.25, -0.2) is 9.37 Å². The van der Waals surface area contributed by atoms with Crippen LogP contribution in [0.2, 0.25) is 0 Å².